The number of nitrogens with one attached hydrogen (secondary N) is 1. The van der Waals surface area contributed by atoms with Crippen molar-refractivity contribution in [1.29, 1.82) is 0 Å². The van der Waals surface area contributed by atoms with Crippen LogP contribution in [0.1, 0.15) is 19.8 Å². The molecule has 1 heterocycles. The van der Waals surface area contributed by atoms with Crippen LogP contribution in [0.4, 0.5) is 5.82 Å². The molecule has 1 atom stereocenters. The summed E-state index contributed by atoms with van der Waals surface area (Å²) in [6, 6.07) is -0.0160. The molecule has 0 aliphatic heterocycles. The molecule has 1 unspecified atom stereocenters. The van der Waals surface area contributed by atoms with E-state index in [4.69, 9.17) is 6.42 Å². The van der Waals surface area contributed by atoms with Crippen molar-refractivity contribution in [3.63, 3.8) is 0 Å². The highest BCUT2D eigenvalue weighted by Crippen LogP contribution is 2.02. The molecule has 0 aliphatic carbocycles. The van der Waals surface area contributed by atoms with Gasteiger partial charge < -0.3 is 5.32 Å². The molecule has 0 aromatic carbocycles. The minimum Gasteiger partial charge on any atom is -0.360 e. The average Bonchev–Trinajstić information content (AvgIpc) is 2.32. The molecule has 1 aromatic rings. The molecule has 1 rings (SSSR count). The van der Waals surface area contributed by atoms with Crippen molar-refractivity contribution in [3.8, 4) is 12.3 Å². The first-order valence-electron chi connectivity index (χ1n) is 5.35. The number of aryl methyl sites for hydroxylation is 1. The van der Waals surface area contributed by atoms with Gasteiger partial charge in [0, 0.05) is 26.6 Å². The van der Waals surface area contributed by atoms with Crippen LogP contribution in [-0.4, -0.2) is 20.4 Å². The fourth-order valence-electron chi connectivity index (χ4n) is 1.42. The Morgan fingerprint density at radius 3 is 2.65 bits per heavy atom. The minimum absolute atomic E-state index is 0.0160. The summed E-state index contributed by atoms with van der Waals surface area (Å²) in [5.41, 5.74) is -0.894. The number of hydrogen-bond acceptors (Lipinski definition) is 4. The largest absolute Gasteiger partial charge is 0.360 e. The Morgan fingerprint density at radius 2 is 2.12 bits per heavy atom. The second-order valence-electron chi connectivity index (χ2n) is 3.78. The lowest BCUT2D eigenvalue weighted by Crippen LogP contribution is -2.41. The molecular formula is C11H16N4O2. The van der Waals surface area contributed by atoms with Crippen LogP contribution in [-0.2, 0) is 14.1 Å². The Hall–Kier alpha value is -2.03. The smallest absolute Gasteiger partial charge is 0.346 e. The number of aromatic nitrogens is 3. The lowest BCUT2D eigenvalue weighted by Gasteiger charge is -2.15. The monoisotopic (exact) mass is 236 g/mol. The lowest BCUT2D eigenvalue weighted by atomic mass is 10.1. The summed E-state index contributed by atoms with van der Waals surface area (Å²) in [7, 11) is 2.91. The van der Waals surface area contributed by atoms with Crippen LogP contribution in [0.5, 0.6) is 0 Å². The molecule has 0 spiro atoms. The Morgan fingerprint density at radius 1 is 1.47 bits per heavy atom. The van der Waals surface area contributed by atoms with E-state index in [2.05, 4.69) is 16.3 Å². The van der Waals surface area contributed by atoms with Gasteiger partial charge in [0.15, 0.2) is 0 Å². The normalized spacial score (nSPS) is 11.9. The fraction of sp³-hybridized carbons (Fsp3) is 0.545. The van der Waals surface area contributed by atoms with E-state index in [1.807, 2.05) is 6.92 Å². The second kappa shape index (κ2) is 5.34. The molecular weight excluding hydrogens is 220 g/mol. The standard InChI is InChI=1S/C11H16N4O2/c1-5-7-8(6-2)12-9-10(16)14(3)11(17)15(4)13-9/h1,8H,6-7H2,2-4H3,(H,12,13). The van der Waals surface area contributed by atoms with Crippen LogP contribution in [0.15, 0.2) is 9.59 Å². The van der Waals surface area contributed by atoms with E-state index in [-0.39, 0.29) is 11.9 Å². The van der Waals surface area contributed by atoms with Gasteiger partial charge in [0.2, 0.25) is 5.82 Å². The Balaban J connectivity index is 3.12. The minimum atomic E-state index is -0.453. The van der Waals surface area contributed by atoms with Crippen LogP contribution >= 0.6 is 0 Å². The first-order valence-corrected chi connectivity index (χ1v) is 5.35. The molecule has 0 fully saturated rings. The van der Waals surface area contributed by atoms with Gasteiger partial charge in [0.05, 0.1) is 0 Å². The molecule has 6 nitrogen and oxygen atoms in total. The maximum atomic E-state index is 11.8. The van der Waals surface area contributed by atoms with Crippen LogP contribution in [0.2, 0.25) is 0 Å². The maximum Gasteiger partial charge on any atom is 0.346 e. The van der Waals surface area contributed by atoms with Crippen molar-refractivity contribution in [3.05, 3.63) is 20.8 Å². The predicted octanol–water partition coefficient (Wildman–Crippen LogP) is -0.307. The number of rotatable bonds is 4. The highest BCUT2D eigenvalue weighted by atomic mass is 16.2. The van der Waals surface area contributed by atoms with Crippen LogP contribution < -0.4 is 16.6 Å². The number of nitrogens with zero attached hydrogens (tertiary/aromatic N) is 3. The van der Waals surface area contributed by atoms with Crippen molar-refractivity contribution in [2.24, 2.45) is 14.1 Å². The second-order valence-corrected chi connectivity index (χ2v) is 3.78. The van der Waals surface area contributed by atoms with Gasteiger partial charge in [0.1, 0.15) is 0 Å². The van der Waals surface area contributed by atoms with Gasteiger partial charge in [-0.15, -0.1) is 17.4 Å². The van der Waals surface area contributed by atoms with Crippen molar-refractivity contribution >= 4 is 5.82 Å². The molecule has 92 valence electrons. The molecule has 1 N–H and O–H groups in total. The quantitative estimate of drug-likeness (QED) is 0.728. The lowest BCUT2D eigenvalue weighted by molar-refractivity contribution is 0.595. The zero-order valence-corrected chi connectivity index (χ0v) is 10.2. The third-order valence-corrected chi connectivity index (χ3v) is 2.52. The summed E-state index contributed by atoms with van der Waals surface area (Å²) in [5.74, 6) is 2.68. The van der Waals surface area contributed by atoms with Gasteiger partial charge in [-0.05, 0) is 6.42 Å². The summed E-state index contributed by atoms with van der Waals surface area (Å²) < 4.78 is 2.13. The zero-order chi connectivity index (χ0) is 13.0. The Kier molecular flexibility index (Phi) is 4.10. The van der Waals surface area contributed by atoms with E-state index >= 15 is 0 Å². The highest BCUT2D eigenvalue weighted by molar-refractivity contribution is 5.31. The summed E-state index contributed by atoms with van der Waals surface area (Å²) in [6.07, 6.45) is 6.51. The van der Waals surface area contributed by atoms with Crippen LogP contribution in [0.25, 0.3) is 0 Å². The van der Waals surface area contributed by atoms with E-state index in [1.165, 1.54) is 14.1 Å². The number of hydrogen-bond donors (Lipinski definition) is 1. The van der Waals surface area contributed by atoms with Gasteiger partial charge in [0.25, 0.3) is 5.56 Å². The van der Waals surface area contributed by atoms with E-state index in [9.17, 15) is 9.59 Å². The summed E-state index contributed by atoms with van der Waals surface area (Å²) in [4.78, 5) is 23.2. The van der Waals surface area contributed by atoms with Crippen molar-refractivity contribution in [1.82, 2.24) is 14.3 Å². The van der Waals surface area contributed by atoms with Gasteiger partial charge in [-0.1, -0.05) is 6.92 Å². The molecule has 0 saturated carbocycles. The van der Waals surface area contributed by atoms with Crippen LogP contribution in [0.3, 0.4) is 0 Å². The first kappa shape index (κ1) is 13.0. The molecule has 0 saturated heterocycles. The molecule has 0 bridgehead atoms. The predicted molar refractivity (Wildman–Crippen MR) is 65.9 cm³/mol. The van der Waals surface area contributed by atoms with Gasteiger partial charge in [-0.25, -0.2) is 9.48 Å². The van der Waals surface area contributed by atoms with Crippen LogP contribution in [0, 0.1) is 12.3 Å². The van der Waals surface area contributed by atoms with Gasteiger partial charge in [-0.3, -0.25) is 9.36 Å². The summed E-state index contributed by atoms with van der Waals surface area (Å²) in [6.45, 7) is 1.96. The summed E-state index contributed by atoms with van der Waals surface area (Å²) >= 11 is 0. The molecule has 1 aromatic heterocycles. The molecule has 6 heteroatoms. The van der Waals surface area contributed by atoms with Gasteiger partial charge in [-0.2, -0.15) is 0 Å². The van der Waals surface area contributed by atoms with Gasteiger partial charge >= 0.3 is 5.69 Å². The van der Waals surface area contributed by atoms with E-state index < -0.39 is 11.2 Å². The SMILES string of the molecule is C#CCC(CC)Nc1nn(C)c(=O)n(C)c1=O. The van der Waals surface area contributed by atoms with Crippen molar-refractivity contribution < 1.29 is 0 Å². The maximum absolute atomic E-state index is 11.8. The molecule has 0 aliphatic rings. The Labute approximate surface area is 99.3 Å². The average molecular weight is 236 g/mol. The van der Waals surface area contributed by atoms with Crippen molar-refractivity contribution in [2.45, 2.75) is 25.8 Å². The topological polar surface area (TPSA) is 68.9 Å². The fourth-order valence-corrected chi connectivity index (χ4v) is 1.42. The molecule has 0 amide bonds. The summed E-state index contributed by atoms with van der Waals surface area (Å²) in [5, 5.41) is 6.85. The first-order chi connectivity index (χ1) is 8.01. The highest BCUT2D eigenvalue weighted by Gasteiger charge is 2.12. The third kappa shape index (κ3) is 2.75. The van der Waals surface area contributed by atoms with Crippen molar-refractivity contribution in [2.75, 3.05) is 5.32 Å². The molecule has 0 radical (unpaired) electrons. The third-order valence-electron chi connectivity index (χ3n) is 2.52. The van der Waals surface area contributed by atoms with E-state index in [0.717, 1.165) is 15.7 Å². The van der Waals surface area contributed by atoms with E-state index in [1.54, 1.807) is 0 Å². The molecule has 17 heavy (non-hydrogen) atoms. The number of anilines is 1. The number of terminal acetylenes is 1. The zero-order valence-electron chi connectivity index (χ0n) is 10.2. The Bertz CT molecular complexity index is 550. The van der Waals surface area contributed by atoms with E-state index in [0.29, 0.717) is 6.42 Å².